The second-order valence-corrected chi connectivity index (χ2v) is 5.87. The van der Waals surface area contributed by atoms with E-state index >= 15 is 0 Å². The number of amides is 1. The maximum absolute atomic E-state index is 12.1. The summed E-state index contributed by atoms with van der Waals surface area (Å²) in [6, 6.07) is 1.92. The third-order valence-corrected chi connectivity index (χ3v) is 4.24. The van der Waals surface area contributed by atoms with Crippen LogP contribution in [0.5, 0.6) is 0 Å². The molecule has 0 bridgehead atoms. The van der Waals surface area contributed by atoms with Crippen molar-refractivity contribution in [3.8, 4) is 0 Å². The van der Waals surface area contributed by atoms with Crippen LogP contribution in [0.25, 0.3) is 0 Å². The van der Waals surface area contributed by atoms with Crippen LogP contribution in [0, 0.1) is 0 Å². The maximum atomic E-state index is 12.1. The number of carbonyl (C=O) groups is 2. The van der Waals surface area contributed by atoms with Gasteiger partial charge in [-0.2, -0.15) is 0 Å². The molecule has 0 aliphatic heterocycles. The second-order valence-electron chi connectivity index (χ2n) is 5.87. The Balaban J connectivity index is 1.70. The Morgan fingerprint density at radius 2 is 1.95 bits per heavy atom. The van der Waals surface area contributed by atoms with Crippen LogP contribution in [0.3, 0.4) is 0 Å². The SMILES string of the molecule is O=C(Cn1ccc(C(=O)O)c1C1CC1)NC1CCCC1. The molecule has 0 atom stereocenters. The van der Waals surface area contributed by atoms with Crippen LogP contribution < -0.4 is 5.32 Å². The van der Waals surface area contributed by atoms with Crippen LogP contribution in [-0.4, -0.2) is 27.6 Å². The number of hydrogen-bond donors (Lipinski definition) is 2. The fraction of sp³-hybridized carbons (Fsp3) is 0.600. The molecule has 2 aliphatic carbocycles. The molecule has 2 aliphatic rings. The first-order valence-corrected chi connectivity index (χ1v) is 7.37. The van der Waals surface area contributed by atoms with E-state index < -0.39 is 5.97 Å². The standard InChI is InChI=1S/C15H20N2O3/c18-13(16-11-3-1-2-4-11)9-17-8-7-12(15(19)20)14(17)10-5-6-10/h7-8,10-11H,1-6,9H2,(H,16,18)(H,19,20). The first-order valence-electron chi connectivity index (χ1n) is 7.37. The first kappa shape index (κ1) is 13.2. The number of aromatic nitrogens is 1. The summed E-state index contributed by atoms with van der Waals surface area (Å²) in [7, 11) is 0. The van der Waals surface area contributed by atoms with Gasteiger partial charge in [0, 0.05) is 23.9 Å². The molecule has 0 radical (unpaired) electrons. The third kappa shape index (κ3) is 2.71. The van der Waals surface area contributed by atoms with Gasteiger partial charge in [-0.15, -0.1) is 0 Å². The quantitative estimate of drug-likeness (QED) is 0.865. The van der Waals surface area contributed by atoms with Gasteiger partial charge in [0.1, 0.15) is 6.54 Å². The Morgan fingerprint density at radius 3 is 2.55 bits per heavy atom. The zero-order chi connectivity index (χ0) is 14.1. The lowest BCUT2D eigenvalue weighted by Gasteiger charge is -2.14. The zero-order valence-corrected chi connectivity index (χ0v) is 11.5. The number of nitrogens with one attached hydrogen (secondary N) is 1. The molecule has 0 spiro atoms. The highest BCUT2D eigenvalue weighted by molar-refractivity contribution is 5.89. The van der Waals surface area contributed by atoms with Gasteiger partial charge in [0.2, 0.25) is 5.91 Å². The monoisotopic (exact) mass is 276 g/mol. The van der Waals surface area contributed by atoms with E-state index in [1.54, 1.807) is 12.3 Å². The maximum Gasteiger partial charge on any atom is 0.337 e. The number of carboxylic acids is 1. The molecule has 5 heteroatoms. The minimum absolute atomic E-state index is 0.00802. The Kier molecular flexibility index (Phi) is 3.51. The minimum atomic E-state index is -0.901. The van der Waals surface area contributed by atoms with Gasteiger partial charge in [-0.1, -0.05) is 12.8 Å². The molecule has 0 saturated heterocycles. The largest absolute Gasteiger partial charge is 0.478 e. The summed E-state index contributed by atoms with van der Waals surface area (Å²) in [6.45, 7) is 0.232. The number of carbonyl (C=O) groups excluding carboxylic acids is 1. The second kappa shape index (κ2) is 5.31. The van der Waals surface area contributed by atoms with Gasteiger partial charge in [-0.05, 0) is 31.7 Å². The number of aromatic carboxylic acids is 1. The summed E-state index contributed by atoms with van der Waals surface area (Å²) in [4.78, 5) is 23.3. The van der Waals surface area contributed by atoms with Crippen molar-refractivity contribution in [1.29, 1.82) is 0 Å². The van der Waals surface area contributed by atoms with E-state index in [-0.39, 0.29) is 12.5 Å². The van der Waals surface area contributed by atoms with E-state index in [1.165, 1.54) is 12.8 Å². The Hall–Kier alpha value is -1.78. The fourth-order valence-electron chi connectivity index (χ4n) is 3.11. The van der Waals surface area contributed by atoms with Crippen molar-refractivity contribution < 1.29 is 14.7 Å². The van der Waals surface area contributed by atoms with Gasteiger partial charge in [-0.3, -0.25) is 4.79 Å². The van der Waals surface area contributed by atoms with Crippen molar-refractivity contribution in [2.45, 2.75) is 57.0 Å². The molecule has 1 aromatic rings. The summed E-state index contributed by atoms with van der Waals surface area (Å²) in [5.41, 5.74) is 1.17. The number of nitrogens with zero attached hydrogens (tertiary/aromatic N) is 1. The predicted octanol–water partition coefficient (Wildman–Crippen LogP) is 2.12. The summed E-state index contributed by atoms with van der Waals surface area (Å²) in [5.74, 6) is -0.594. The lowest BCUT2D eigenvalue weighted by atomic mass is 10.2. The van der Waals surface area contributed by atoms with Crippen LogP contribution in [0.2, 0.25) is 0 Å². The van der Waals surface area contributed by atoms with Gasteiger partial charge >= 0.3 is 5.97 Å². The van der Waals surface area contributed by atoms with Crippen molar-refractivity contribution in [3.63, 3.8) is 0 Å². The van der Waals surface area contributed by atoms with E-state index in [0.29, 0.717) is 17.5 Å². The molecular weight excluding hydrogens is 256 g/mol. The van der Waals surface area contributed by atoms with E-state index in [9.17, 15) is 14.7 Å². The highest BCUT2D eigenvalue weighted by Gasteiger charge is 2.32. The molecule has 3 rings (SSSR count). The Morgan fingerprint density at radius 1 is 1.25 bits per heavy atom. The molecule has 2 saturated carbocycles. The molecule has 20 heavy (non-hydrogen) atoms. The van der Waals surface area contributed by atoms with E-state index in [0.717, 1.165) is 31.4 Å². The van der Waals surface area contributed by atoms with Gasteiger partial charge < -0.3 is 15.0 Å². The molecular formula is C15H20N2O3. The van der Waals surface area contributed by atoms with Crippen LogP contribution in [0.1, 0.15) is 60.5 Å². The Bertz CT molecular complexity index is 525. The van der Waals surface area contributed by atoms with Crippen LogP contribution in [0.4, 0.5) is 0 Å². The lowest BCUT2D eigenvalue weighted by molar-refractivity contribution is -0.122. The summed E-state index contributed by atoms with van der Waals surface area (Å²) in [5, 5.41) is 12.3. The van der Waals surface area contributed by atoms with Crippen LogP contribution in [0.15, 0.2) is 12.3 Å². The van der Waals surface area contributed by atoms with E-state index in [4.69, 9.17) is 0 Å². The predicted molar refractivity (Wildman–Crippen MR) is 73.8 cm³/mol. The van der Waals surface area contributed by atoms with Crippen LogP contribution in [-0.2, 0) is 11.3 Å². The Labute approximate surface area is 118 Å². The fourth-order valence-corrected chi connectivity index (χ4v) is 3.11. The van der Waals surface area contributed by atoms with Gasteiger partial charge in [0.25, 0.3) is 0 Å². The lowest BCUT2D eigenvalue weighted by Crippen LogP contribution is -2.35. The normalized spacial score (nSPS) is 19.2. The minimum Gasteiger partial charge on any atom is -0.478 e. The molecule has 108 valence electrons. The van der Waals surface area contributed by atoms with E-state index in [2.05, 4.69) is 5.32 Å². The van der Waals surface area contributed by atoms with Crippen molar-refractivity contribution >= 4 is 11.9 Å². The third-order valence-electron chi connectivity index (χ3n) is 4.24. The summed E-state index contributed by atoms with van der Waals surface area (Å²) in [6.07, 6.45) is 8.27. The molecule has 0 aromatic carbocycles. The molecule has 5 nitrogen and oxygen atoms in total. The van der Waals surface area contributed by atoms with Gasteiger partial charge in [0.05, 0.1) is 5.56 Å². The van der Waals surface area contributed by atoms with Crippen molar-refractivity contribution in [1.82, 2.24) is 9.88 Å². The topological polar surface area (TPSA) is 71.3 Å². The number of carboxylic acid groups (broad SMARTS) is 1. The first-order chi connectivity index (χ1) is 9.65. The van der Waals surface area contributed by atoms with Gasteiger partial charge in [0.15, 0.2) is 0 Å². The highest BCUT2D eigenvalue weighted by atomic mass is 16.4. The molecule has 2 fully saturated rings. The molecule has 1 heterocycles. The smallest absolute Gasteiger partial charge is 0.337 e. The van der Waals surface area contributed by atoms with Crippen molar-refractivity contribution in [2.24, 2.45) is 0 Å². The van der Waals surface area contributed by atoms with Crippen LogP contribution >= 0.6 is 0 Å². The highest BCUT2D eigenvalue weighted by Crippen LogP contribution is 2.42. The van der Waals surface area contributed by atoms with Gasteiger partial charge in [-0.25, -0.2) is 4.79 Å². The zero-order valence-electron chi connectivity index (χ0n) is 11.5. The summed E-state index contributed by atoms with van der Waals surface area (Å²) >= 11 is 0. The average Bonchev–Trinajstić information content (AvgIpc) is 2.94. The van der Waals surface area contributed by atoms with Crippen molar-refractivity contribution in [3.05, 3.63) is 23.5 Å². The average molecular weight is 276 g/mol. The van der Waals surface area contributed by atoms with E-state index in [1.807, 2.05) is 4.57 Å². The number of hydrogen-bond acceptors (Lipinski definition) is 2. The number of rotatable bonds is 5. The molecule has 1 amide bonds. The summed E-state index contributed by atoms with van der Waals surface area (Å²) < 4.78 is 1.81. The molecule has 0 unspecified atom stereocenters. The molecule has 1 aromatic heterocycles. The van der Waals surface area contributed by atoms with Crippen molar-refractivity contribution in [2.75, 3.05) is 0 Å². The molecule has 2 N–H and O–H groups in total.